The third-order valence-electron chi connectivity index (χ3n) is 9.66. The van der Waals surface area contributed by atoms with Gasteiger partial charge >= 0.3 is 0 Å². The number of aliphatic hydroxyl groups excluding tert-OH is 1. The van der Waals surface area contributed by atoms with Gasteiger partial charge < -0.3 is 21.5 Å². The summed E-state index contributed by atoms with van der Waals surface area (Å²) < 4.78 is 17.6. The second-order valence-electron chi connectivity index (χ2n) is 13.7. The molecule has 1 fully saturated rings. The number of nitrogens with two attached hydrogens (primary N) is 1. The van der Waals surface area contributed by atoms with E-state index < -0.39 is 46.8 Å². The molecule has 5 aromatic rings. The van der Waals surface area contributed by atoms with Crippen molar-refractivity contribution in [1.82, 2.24) is 39.9 Å². The lowest BCUT2D eigenvalue weighted by molar-refractivity contribution is -0.126. The Morgan fingerprint density at radius 1 is 1.08 bits per heavy atom. The van der Waals surface area contributed by atoms with E-state index in [2.05, 4.69) is 30.7 Å². The van der Waals surface area contributed by atoms with E-state index >= 15 is 0 Å². The Kier molecular flexibility index (Phi) is 8.99. The minimum absolute atomic E-state index is 0.0360. The lowest BCUT2D eigenvalue weighted by Crippen LogP contribution is -2.55. The molecule has 53 heavy (non-hydrogen) atoms. The summed E-state index contributed by atoms with van der Waals surface area (Å²) in [7, 11) is 1.83. The van der Waals surface area contributed by atoms with Crippen LogP contribution in [0.4, 0.5) is 21.7 Å². The molecule has 5 N–H and O–H groups in total. The molecule has 3 atom stereocenters. The standard InChI is InChI=1S/C36H35Cl2FN10O4/c1-18-24(17-47(4)46-18)21-14-41-32(42-15-21)36(9-10-36)45-31(52)29(19(2)50)44-30(51)27-16-43-34-48(23-11-25(37)28(39)26(38)12-23)33(53)35(3,49(27)34)13-20-5-7-22(40)8-6-20/h5-8,11-12,14-17,19,29,50H,9-10,13,40H2,1-4H3,(H,44,51)(H,45,52)/t19-,29+,35-/m1/s1. The summed E-state index contributed by atoms with van der Waals surface area (Å²) in [6, 6.07) is 7.98. The largest absolute Gasteiger partial charge is 0.399 e. The molecule has 274 valence electrons. The molecule has 0 saturated heterocycles. The van der Waals surface area contributed by atoms with E-state index in [-0.39, 0.29) is 33.8 Å². The van der Waals surface area contributed by atoms with E-state index in [0.29, 0.717) is 24.4 Å². The van der Waals surface area contributed by atoms with Gasteiger partial charge in [0.25, 0.3) is 11.8 Å². The van der Waals surface area contributed by atoms with Crippen molar-refractivity contribution in [2.75, 3.05) is 10.6 Å². The summed E-state index contributed by atoms with van der Waals surface area (Å²) in [6.45, 7) is 4.91. The number of halogens is 3. The van der Waals surface area contributed by atoms with Gasteiger partial charge in [0.2, 0.25) is 11.9 Å². The Bertz CT molecular complexity index is 2250. The fourth-order valence-electron chi connectivity index (χ4n) is 6.73. The highest BCUT2D eigenvalue weighted by atomic mass is 35.5. The van der Waals surface area contributed by atoms with Gasteiger partial charge in [-0.05, 0) is 63.4 Å². The maximum atomic E-state index is 14.4. The predicted molar refractivity (Wildman–Crippen MR) is 195 cm³/mol. The van der Waals surface area contributed by atoms with Gasteiger partial charge in [-0.2, -0.15) is 5.10 Å². The first-order valence-electron chi connectivity index (χ1n) is 16.7. The zero-order chi connectivity index (χ0) is 38.0. The van der Waals surface area contributed by atoms with Gasteiger partial charge in [0, 0.05) is 48.9 Å². The lowest BCUT2D eigenvalue weighted by Gasteiger charge is -2.28. The highest BCUT2D eigenvalue weighted by molar-refractivity contribution is 6.35. The third-order valence-corrected chi connectivity index (χ3v) is 10.2. The summed E-state index contributed by atoms with van der Waals surface area (Å²) >= 11 is 12.2. The van der Waals surface area contributed by atoms with E-state index in [1.165, 1.54) is 34.7 Å². The maximum absolute atomic E-state index is 14.4. The zero-order valence-corrected chi connectivity index (χ0v) is 30.6. The fraction of sp³-hybridized carbons (Fsp3) is 0.306. The van der Waals surface area contributed by atoms with Crippen LogP contribution in [0.3, 0.4) is 0 Å². The van der Waals surface area contributed by atoms with E-state index in [0.717, 1.165) is 22.4 Å². The molecule has 0 spiro atoms. The number of carbonyl (C=O) groups is 3. The Morgan fingerprint density at radius 2 is 1.72 bits per heavy atom. The molecule has 1 aliphatic heterocycles. The van der Waals surface area contributed by atoms with Gasteiger partial charge in [-0.15, -0.1) is 0 Å². The highest BCUT2D eigenvalue weighted by Gasteiger charge is 2.52. The molecule has 1 saturated carbocycles. The first-order valence-corrected chi connectivity index (χ1v) is 17.4. The van der Waals surface area contributed by atoms with Gasteiger partial charge in [0.15, 0.2) is 11.6 Å². The molecule has 0 bridgehead atoms. The molecular formula is C36H35Cl2FN10O4. The van der Waals surface area contributed by atoms with E-state index in [9.17, 15) is 23.9 Å². The number of carbonyl (C=O) groups excluding carboxylic acids is 3. The van der Waals surface area contributed by atoms with Crippen molar-refractivity contribution in [1.29, 1.82) is 0 Å². The zero-order valence-electron chi connectivity index (χ0n) is 29.1. The average molecular weight is 762 g/mol. The molecule has 2 aromatic carbocycles. The Balaban J connectivity index is 1.17. The SMILES string of the molecule is Cc1nn(C)cc1-c1cnc(C2(NC(=O)[C@@H](NC(=O)c3cnc4n3[C@](C)(Cc3ccc(N)cc3)C(=O)N4c3cc(Cl)c(F)c(Cl)c3)[C@@H](C)O)CC2)nc1. The predicted octanol–water partition coefficient (Wildman–Crippen LogP) is 4.33. The monoisotopic (exact) mass is 760 g/mol. The summed E-state index contributed by atoms with van der Waals surface area (Å²) in [5.41, 5.74) is 7.35. The third kappa shape index (κ3) is 6.38. The number of hydrogen-bond acceptors (Lipinski definition) is 9. The smallest absolute Gasteiger partial charge is 0.270 e. The quantitative estimate of drug-likeness (QED) is 0.119. The van der Waals surface area contributed by atoms with E-state index in [1.54, 1.807) is 48.3 Å². The number of hydrogen-bond donors (Lipinski definition) is 4. The molecule has 0 radical (unpaired) electrons. The molecule has 4 heterocycles. The Hall–Kier alpha value is -5.38. The number of fused-ring (bicyclic) bond motifs is 1. The van der Waals surface area contributed by atoms with Crippen molar-refractivity contribution < 1.29 is 23.9 Å². The van der Waals surface area contributed by atoms with Crippen LogP contribution in [0.2, 0.25) is 10.0 Å². The molecule has 17 heteroatoms. The average Bonchev–Trinajstić information content (AvgIpc) is 3.53. The summed E-state index contributed by atoms with van der Waals surface area (Å²) in [5, 5.41) is 20.1. The number of nitrogen functional groups attached to an aromatic ring is 1. The number of nitrogens with one attached hydrogen (secondary N) is 2. The van der Waals surface area contributed by atoms with Crippen LogP contribution in [0.1, 0.15) is 54.3 Å². The maximum Gasteiger partial charge on any atom is 0.270 e. The van der Waals surface area contributed by atoms with Crippen LogP contribution in [-0.2, 0) is 34.1 Å². The number of amides is 3. The van der Waals surface area contributed by atoms with Crippen molar-refractivity contribution in [3.05, 3.63) is 99.8 Å². The van der Waals surface area contributed by atoms with Crippen LogP contribution in [0.25, 0.3) is 11.1 Å². The second-order valence-corrected chi connectivity index (χ2v) is 14.5. The highest BCUT2D eigenvalue weighted by Crippen LogP contribution is 2.45. The summed E-state index contributed by atoms with van der Waals surface area (Å²) in [5.74, 6) is -2.35. The van der Waals surface area contributed by atoms with Crippen LogP contribution < -0.4 is 21.3 Å². The second kappa shape index (κ2) is 13.2. The normalized spacial score (nSPS) is 18.4. The molecule has 3 amide bonds. The van der Waals surface area contributed by atoms with Crippen LogP contribution in [0, 0.1) is 12.7 Å². The van der Waals surface area contributed by atoms with Crippen molar-refractivity contribution >= 4 is 58.2 Å². The summed E-state index contributed by atoms with van der Waals surface area (Å²) in [6.07, 6.45) is 6.36. The molecule has 3 aromatic heterocycles. The van der Waals surface area contributed by atoms with Crippen molar-refractivity contribution in [3.63, 3.8) is 0 Å². The number of imidazole rings is 1. The molecule has 2 aliphatic rings. The summed E-state index contributed by atoms with van der Waals surface area (Å²) in [4.78, 5) is 56.9. The number of benzene rings is 2. The molecule has 14 nitrogen and oxygen atoms in total. The van der Waals surface area contributed by atoms with E-state index in [1.807, 2.05) is 20.2 Å². The minimum Gasteiger partial charge on any atom is -0.399 e. The minimum atomic E-state index is -1.46. The van der Waals surface area contributed by atoms with E-state index in [4.69, 9.17) is 28.9 Å². The van der Waals surface area contributed by atoms with Gasteiger partial charge in [-0.1, -0.05) is 35.3 Å². The number of aliphatic hydroxyl groups is 1. The Morgan fingerprint density at radius 3 is 2.28 bits per heavy atom. The number of nitrogens with zero attached hydrogens (tertiary/aromatic N) is 7. The number of anilines is 3. The van der Waals surface area contributed by atoms with Crippen molar-refractivity contribution in [2.45, 2.75) is 63.3 Å². The number of rotatable bonds is 10. The van der Waals surface area contributed by atoms with Gasteiger partial charge in [0.05, 0.1) is 33.7 Å². The van der Waals surface area contributed by atoms with Crippen LogP contribution in [0.5, 0.6) is 0 Å². The molecule has 0 unspecified atom stereocenters. The van der Waals surface area contributed by atoms with Crippen molar-refractivity contribution in [2.24, 2.45) is 7.05 Å². The Labute approximate surface area is 313 Å². The topological polar surface area (TPSA) is 186 Å². The van der Waals surface area contributed by atoms with Gasteiger partial charge in [-0.3, -0.25) is 23.6 Å². The van der Waals surface area contributed by atoms with Gasteiger partial charge in [0.1, 0.15) is 22.8 Å². The first-order chi connectivity index (χ1) is 25.1. The first kappa shape index (κ1) is 36.0. The van der Waals surface area contributed by atoms with Crippen LogP contribution in [0.15, 0.2) is 61.2 Å². The molecular weight excluding hydrogens is 726 g/mol. The van der Waals surface area contributed by atoms with Crippen LogP contribution >= 0.6 is 23.2 Å². The number of aryl methyl sites for hydroxylation is 2. The lowest BCUT2D eigenvalue weighted by atomic mass is 9.91. The molecule has 1 aliphatic carbocycles. The number of aromatic nitrogens is 6. The van der Waals surface area contributed by atoms with Crippen molar-refractivity contribution in [3.8, 4) is 11.1 Å². The molecule has 7 rings (SSSR count). The van der Waals surface area contributed by atoms with Crippen LogP contribution in [-0.4, -0.2) is 64.3 Å². The fourth-order valence-corrected chi connectivity index (χ4v) is 7.20. The van der Waals surface area contributed by atoms with Gasteiger partial charge in [-0.25, -0.2) is 24.2 Å².